The van der Waals surface area contributed by atoms with Crippen molar-refractivity contribution in [3.8, 4) is 5.75 Å². The number of hydrogen-bond donors (Lipinski definition) is 0. The molecule has 1 saturated carbocycles. The molecular weight excluding hydrogens is 594 g/mol. The third-order valence-corrected chi connectivity index (χ3v) is 8.68. The van der Waals surface area contributed by atoms with Crippen LogP contribution in [0.2, 0.25) is 0 Å². The van der Waals surface area contributed by atoms with E-state index in [9.17, 15) is 17.8 Å². The maximum absolute atomic E-state index is 12.5. The molecule has 1 aliphatic carbocycles. The second kappa shape index (κ2) is 8.75. The number of benzene rings is 2. The van der Waals surface area contributed by atoms with Crippen LogP contribution in [0.15, 0.2) is 41.3 Å². The molecule has 2 aromatic carbocycles. The zero-order valence-corrected chi connectivity index (χ0v) is 19.4. The first-order valence-electron chi connectivity index (χ1n) is 8.53. The molecule has 8 heteroatoms. The molecule has 0 N–H and O–H groups in total. The van der Waals surface area contributed by atoms with Gasteiger partial charge in [0, 0.05) is 7.14 Å². The number of esters is 1. The van der Waals surface area contributed by atoms with Crippen molar-refractivity contribution in [3.05, 3.63) is 54.7 Å². The van der Waals surface area contributed by atoms with Crippen molar-refractivity contribution >= 4 is 61.3 Å². The summed E-state index contributed by atoms with van der Waals surface area (Å²) in [6.07, 6.45) is 4.75. The third-order valence-electron chi connectivity index (χ3n) is 4.68. The maximum atomic E-state index is 12.5. The smallest absolute Gasteiger partial charge is 0.344 e. The number of rotatable bonds is 4. The number of ether oxygens (including phenoxy) is 1. The van der Waals surface area contributed by atoms with Gasteiger partial charge in [0.1, 0.15) is 15.9 Å². The van der Waals surface area contributed by atoms with Crippen LogP contribution in [0.5, 0.6) is 5.75 Å². The molecule has 0 aromatic heterocycles. The minimum Gasteiger partial charge on any atom is -0.744 e. The largest absolute Gasteiger partial charge is 0.744 e. The van der Waals surface area contributed by atoms with Gasteiger partial charge in [-0.05, 0) is 99.8 Å². The highest BCUT2D eigenvalue weighted by Crippen LogP contribution is 2.37. The van der Waals surface area contributed by atoms with Crippen molar-refractivity contribution < 1.29 is 22.5 Å². The predicted octanol–water partition coefficient (Wildman–Crippen LogP) is 5.07. The molecule has 0 heterocycles. The fourth-order valence-electron chi connectivity index (χ4n) is 3.37. The van der Waals surface area contributed by atoms with Crippen molar-refractivity contribution in [2.45, 2.75) is 42.9 Å². The van der Waals surface area contributed by atoms with Crippen LogP contribution >= 0.6 is 45.2 Å². The summed E-state index contributed by atoms with van der Waals surface area (Å²) in [5.74, 6) is -0.262. The van der Waals surface area contributed by atoms with Crippen LogP contribution < -0.4 is 4.74 Å². The van der Waals surface area contributed by atoms with Gasteiger partial charge in [0.05, 0.1) is 10.5 Å². The first-order chi connectivity index (χ1) is 12.8. The summed E-state index contributed by atoms with van der Waals surface area (Å²) < 4.78 is 42.2. The summed E-state index contributed by atoms with van der Waals surface area (Å²) in [6, 6.07) is 9.53. The quantitative estimate of drug-likeness (QED) is 0.209. The van der Waals surface area contributed by atoms with Crippen molar-refractivity contribution in [3.63, 3.8) is 0 Å². The van der Waals surface area contributed by atoms with Gasteiger partial charge in [-0.15, -0.1) is 0 Å². The average Bonchev–Trinajstić information content (AvgIpc) is 2.63. The maximum Gasteiger partial charge on any atom is 0.344 e. The fraction of sp³-hybridized carbons (Fsp3) is 0.316. The molecule has 3 rings (SSSR count). The topological polar surface area (TPSA) is 83.5 Å². The molecule has 2 aromatic rings. The van der Waals surface area contributed by atoms with Crippen molar-refractivity contribution in [2.24, 2.45) is 0 Å². The van der Waals surface area contributed by atoms with E-state index >= 15 is 0 Å². The van der Waals surface area contributed by atoms with E-state index in [4.69, 9.17) is 4.74 Å². The molecule has 144 valence electrons. The van der Waals surface area contributed by atoms with E-state index in [1.807, 2.05) is 6.07 Å². The molecule has 0 bridgehead atoms. The summed E-state index contributed by atoms with van der Waals surface area (Å²) in [5, 5.41) is 0. The fourth-order valence-corrected chi connectivity index (χ4v) is 5.20. The molecule has 1 aliphatic rings. The zero-order valence-electron chi connectivity index (χ0n) is 14.3. The number of hydrogen-bond acceptors (Lipinski definition) is 5. The second-order valence-corrected chi connectivity index (χ2v) is 10.1. The van der Waals surface area contributed by atoms with E-state index in [1.165, 1.54) is 12.1 Å². The molecular formula is C19H17I2O5S-. The molecule has 0 amide bonds. The van der Waals surface area contributed by atoms with E-state index < -0.39 is 16.1 Å². The van der Waals surface area contributed by atoms with Gasteiger partial charge in [-0.3, -0.25) is 0 Å². The zero-order chi connectivity index (χ0) is 19.6. The van der Waals surface area contributed by atoms with Gasteiger partial charge in [-0.2, -0.15) is 0 Å². The van der Waals surface area contributed by atoms with Gasteiger partial charge in [0.25, 0.3) is 0 Å². The predicted molar refractivity (Wildman–Crippen MR) is 117 cm³/mol. The normalized spacial score (nSPS) is 15.5. The minimum atomic E-state index is -4.59. The Hall–Kier alpha value is -0.720. The number of halogens is 2. The SMILES string of the molecule is O=C(Oc1ccc(S(=O)(=O)[O-])c(C2CCCCC2)c1)c1cccc(I)c1I. The molecule has 0 atom stereocenters. The summed E-state index contributed by atoms with van der Waals surface area (Å²) in [4.78, 5) is 12.3. The second-order valence-electron chi connectivity index (χ2n) is 6.48. The van der Waals surface area contributed by atoms with Gasteiger partial charge in [-0.25, -0.2) is 13.2 Å². The highest BCUT2D eigenvalue weighted by molar-refractivity contribution is 14.1. The number of carbonyl (C=O) groups excluding carboxylic acids is 1. The van der Waals surface area contributed by atoms with Gasteiger partial charge >= 0.3 is 5.97 Å². The van der Waals surface area contributed by atoms with Crippen LogP contribution in [0.4, 0.5) is 0 Å². The molecule has 0 aliphatic heterocycles. The molecule has 0 spiro atoms. The Labute approximate surface area is 185 Å². The van der Waals surface area contributed by atoms with Gasteiger partial charge in [0.2, 0.25) is 0 Å². The van der Waals surface area contributed by atoms with Crippen LogP contribution in [0.3, 0.4) is 0 Å². The molecule has 5 nitrogen and oxygen atoms in total. The summed E-state index contributed by atoms with van der Waals surface area (Å²) in [7, 11) is -4.59. The lowest BCUT2D eigenvalue weighted by molar-refractivity contribution is 0.0733. The molecule has 0 radical (unpaired) electrons. The van der Waals surface area contributed by atoms with Gasteiger partial charge < -0.3 is 9.29 Å². The summed E-state index contributed by atoms with van der Waals surface area (Å²) in [6.45, 7) is 0. The first kappa shape index (κ1) is 21.0. The lowest BCUT2D eigenvalue weighted by Crippen LogP contribution is -2.14. The summed E-state index contributed by atoms with van der Waals surface area (Å²) in [5.41, 5.74) is 0.912. The van der Waals surface area contributed by atoms with Crippen molar-refractivity contribution in [2.75, 3.05) is 0 Å². The summed E-state index contributed by atoms with van der Waals surface area (Å²) >= 11 is 4.24. The van der Waals surface area contributed by atoms with E-state index in [-0.39, 0.29) is 16.6 Å². The Bertz CT molecular complexity index is 966. The van der Waals surface area contributed by atoms with Gasteiger partial charge in [0.15, 0.2) is 0 Å². The first-order valence-corrected chi connectivity index (χ1v) is 12.1. The van der Waals surface area contributed by atoms with E-state index in [0.717, 1.165) is 39.2 Å². The van der Waals surface area contributed by atoms with Crippen LogP contribution in [-0.2, 0) is 10.1 Å². The Morgan fingerprint density at radius 2 is 1.78 bits per heavy atom. The Kier molecular flexibility index (Phi) is 6.80. The van der Waals surface area contributed by atoms with Crippen molar-refractivity contribution in [1.29, 1.82) is 0 Å². The Morgan fingerprint density at radius 3 is 2.44 bits per heavy atom. The molecule has 0 saturated heterocycles. The van der Waals surface area contributed by atoms with Crippen LogP contribution in [0, 0.1) is 7.14 Å². The third kappa shape index (κ3) is 5.01. The minimum absolute atomic E-state index is 0.00561. The standard InChI is InChI=1S/C19H18I2O5S/c20-16-8-4-7-14(18(16)21)19(22)26-13-9-10-17(27(23,24)25)15(11-13)12-5-2-1-3-6-12/h4,7-12H,1-3,5-6H2,(H,23,24,25)/p-1. The lowest BCUT2D eigenvalue weighted by Gasteiger charge is -2.25. The van der Waals surface area contributed by atoms with Crippen LogP contribution in [0.1, 0.15) is 53.9 Å². The van der Waals surface area contributed by atoms with Crippen LogP contribution in [-0.4, -0.2) is 18.9 Å². The molecule has 1 fully saturated rings. The van der Waals surface area contributed by atoms with E-state index in [0.29, 0.717) is 11.1 Å². The van der Waals surface area contributed by atoms with E-state index in [2.05, 4.69) is 45.2 Å². The van der Waals surface area contributed by atoms with Crippen LogP contribution in [0.25, 0.3) is 0 Å². The van der Waals surface area contributed by atoms with Crippen molar-refractivity contribution in [1.82, 2.24) is 0 Å². The number of carbonyl (C=O) groups is 1. The molecule has 27 heavy (non-hydrogen) atoms. The Balaban J connectivity index is 1.94. The van der Waals surface area contributed by atoms with Gasteiger partial charge in [-0.1, -0.05) is 25.3 Å². The molecule has 0 unspecified atom stereocenters. The lowest BCUT2D eigenvalue weighted by atomic mass is 9.84. The highest BCUT2D eigenvalue weighted by Gasteiger charge is 2.23. The monoisotopic (exact) mass is 611 g/mol. The Morgan fingerprint density at radius 1 is 1.07 bits per heavy atom. The average molecular weight is 611 g/mol. The van der Waals surface area contributed by atoms with E-state index in [1.54, 1.807) is 18.2 Å². The highest BCUT2D eigenvalue weighted by atomic mass is 127.